The number of aliphatic hydroxyl groups excluding tert-OH is 1. The molecule has 9 heteroatoms. The number of hydrogen-bond acceptors (Lipinski definition) is 4. The second-order valence-electron chi connectivity index (χ2n) is 7.96. The van der Waals surface area contributed by atoms with E-state index in [2.05, 4.69) is 4.90 Å². The standard InChI is InChI=1S/C23H25F3N2O2S.ClH/c24-23(25,26)17-10-8-16(9-11-17)21-20(29)22(30)28(15-14-27-12-4-1-5-13-27)18-6-2-3-7-19(18)31-21;/h2-3,6-11,20-21,29H,1,4-5,12-15H2;1H/t20-,21+;/m0./s1. The number of likely N-dealkylation sites (tertiary alicyclic amines) is 1. The molecule has 0 aromatic heterocycles. The van der Waals surface area contributed by atoms with Gasteiger partial charge in [0.05, 0.1) is 16.5 Å². The van der Waals surface area contributed by atoms with Crippen LogP contribution in [-0.2, 0) is 11.0 Å². The van der Waals surface area contributed by atoms with E-state index in [9.17, 15) is 23.1 Å². The molecule has 0 saturated carbocycles. The Morgan fingerprint density at radius 2 is 1.62 bits per heavy atom. The van der Waals surface area contributed by atoms with Crippen LogP contribution in [0.4, 0.5) is 18.9 Å². The fraction of sp³-hybridized carbons (Fsp3) is 0.435. The van der Waals surface area contributed by atoms with E-state index in [0.717, 1.165) is 55.2 Å². The van der Waals surface area contributed by atoms with Crippen LogP contribution in [0.5, 0.6) is 0 Å². The number of amides is 1. The van der Waals surface area contributed by atoms with Crippen molar-refractivity contribution in [3.8, 4) is 0 Å². The van der Waals surface area contributed by atoms with Gasteiger partial charge in [-0.3, -0.25) is 4.79 Å². The number of carbonyl (C=O) groups is 1. The third-order valence-electron chi connectivity index (χ3n) is 5.87. The molecular weight excluding hydrogens is 461 g/mol. The number of carbonyl (C=O) groups excluding carboxylic acids is 1. The van der Waals surface area contributed by atoms with Crippen LogP contribution in [-0.4, -0.2) is 48.2 Å². The summed E-state index contributed by atoms with van der Waals surface area (Å²) in [6, 6.07) is 12.2. The Morgan fingerprint density at radius 1 is 0.969 bits per heavy atom. The van der Waals surface area contributed by atoms with Gasteiger partial charge in [-0.25, -0.2) is 0 Å². The summed E-state index contributed by atoms with van der Waals surface area (Å²) in [4.78, 5) is 18.0. The van der Waals surface area contributed by atoms with Gasteiger partial charge in [-0.1, -0.05) is 30.7 Å². The number of piperidine rings is 1. The van der Waals surface area contributed by atoms with E-state index in [0.29, 0.717) is 12.1 Å². The van der Waals surface area contributed by atoms with Crippen LogP contribution in [0, 0.1) is 0 Å². The topological polar surface area (TPSA) is 43.8 Å². The van der Waals surface area contributed by atoms with E-state index in [1.54, 1.807) is 4.90 Å². The first-order valence-corrected chi connectivity index (χ1v) is 11.4. The molecular formula is C23H26ClF3N2O2S. The zero-order valence-corrected chi connectivity index (χ0v) is 19.1. The van der Waals surface area contributed by atoms with Gasteiger partial charge >= 0.3 is 6.18 Å². The number of fused-ring (bicyclic) bond motifs is 1. The maximum atomic E-state index is 13.3. The molecule has 1 N–H and O–H groups in total. The Morgan fingerprint density at radius 3 is 2.28 bits per heavy atom. The molecule has 4 rings (SSSR count). The highest BCUT2D eigenvalue weighted by Crippen LogP contribution is 2.46. The predicted octanol–water partition coefficient (Wildman–Crippen LogP) is 5.15. The van der Waals surface area contributed by atoms with Crippen LogP contribution >= 0.6 is 24.2 Å². The van der Waals surface area contributed by atoms with Crippen LogP contribution in [0.3, 0.4) is 0 Å². The summed E-state index contributed by atoms with van der Waals surface area (Å²) in [5.41, 5.74) is 0.480. The molecule has 0 aliphatic carbocycles. The SMILES string of the molecule is Cl.O=C1[C@@H](O)[C@@H](c2ccc(C(F)(F)F)cc2)Sc2ccccc2N1CCN1CCCCC1. The number of aliphatic hydroxyl groups is 1. The predicted molar refractivity (Wildman–Crippen MR) is 122 cm³/mol. The molecule has 1 amide bonds. The maximum Gasteiger partial charge on any atom is 0.416 e. The Labute approximate surface area is 196 Å². The van der Waals surface area contributed by atoms with E-state index in [1.807, 2.05) is 24.3 Å². The number of para-hydroxylation sites is 1. The van der Waals surface area contributed by atoms with Crippen molar-refractivity contribution in [2.45, 2.75) is 41.7 Å². The molecule has 1 saturated heterocycles. The van der Waals surface area contributed by atoms with Gasteiger partial charge < -0.3 is 14.9 Å². The van der Waals surface area contributed by atoms with E-state index in [4.69, 9.17) is 0 Å². The van der Waals surface area contributed by atoms with Gasteiger partial charge in [-0.15, -0.1) is 24.2 Å². The molecule has 0 spiro atoms. The Kier molecular flexibility index (Phi) is 8.14. The Balaban J connectivity index is 0.00000289. The maximum absolute atomic E-state index is 13.3. The van der Waals surface area contributed by atoms with Crippen molar-refractivity contribution in [2.75, 3.05) is 31.1 Å². The quantitative estimate of drug-likeness (QED) is 0.648. The first kappa shape index (κ1) is 24.9. The van der Waals surface area contributed by atoms with Crippen molar-refractivity contribution in [1.29, 1.82) is 0 Å². The number of halogens is 4. The minimum absolute atomic E-state index is 0. The van der Waals surface area contributed by atoms with Crippen LogP contribution in [0.15, 0.2) is 53.4 Å². The van der Waals surface area contributed by atoms with E-state index >= 15 is 0 Å². The first-order chi connectivity index (χ1) is 14.8. The number of thioether (sulfide) groups is 1. The molecule has 2 heterocycles. The molecule has 2 aliphatic heterocycles. The molecule has 1 fully saturated rings. The second kappa shape index (κ2) is 10.5. The van der Waals surface area contributed by atoms with Gasteiger partial charge in [0, 0.05) is 18.0 Å². The fourth-order valence-corrected chi connectivity index (χ4v) is 5.42. The summed E-state index contributed by atoms with van der Waals surface area (Å²) in [5, 5.41) is 10.2. The summed E-state index contributed by atoms with van der Waals surface area (Å²) in [6.45, 7) is 3.21. The number of rotatable bonds is 4. The van der Waals surface area contributed by atoms with Gasteiger partial charge in [0.2, 0.25) is 0 Å². The minimum atomic E-state index is -4.43. The monoisotopic (exact) mass is 486 g/mol. The molecule has 2 atom stereocenters. The van der Waals surface area contributed by atoms with Gasteiger partial charge in [-0.05, 0) is 55.8 Å². The number of nitrogens with zero attached hydrogens (tertiary/aromatic N) is 2. The van der Waals surface area contributed by atoms with Crippen LogP contribution in [0.25, 0.3) is 0 Å². The van der Waals surface area contributed by atoms with Crippen molar-refractivity contribution in [3.05, 3.63) is 59.7 Å². The number of alkyl halides is 3. The van der Waals surface area contributed by atoms with E-state index in [1.165, 1.54) is 30.3 Å². The lowest BCUT2D eigenvalue weighted by molar-refractivity contribution is -0.137. The molecule has 2 aliphatic rings. The molecule has 2 aromatic rings. The first-order valence-electron chi connectivity index (χ1n) is 10.5. The van der Waals surface area contributed by atoms with Crippen LogP contribution < -0.4 is 4.90 Å². The highest BCUT2D eigenvalue weighted by molar-refractivity contribution is 7.99. The Hall–Kier alpha value is -1.74. The highest BCUT2D eigenvalue weighted by Gasteiger charge is 2.38. The second-order valence-corrected chi connectivity index (χ2v) is 9.15. The smallest absolute Gasteiger partial charge is 0.382 e. The highest BCUT2D eigenvalue weighted by atomic mass is 35.5. The normalized spacial score (nSPS) is 22.1. The average Bonchev–Trinajstić information content (AvgIpc) is 2.87. The van der Waals surface area contributed by atoms with Gasteiger partial charge in [0.15, 0.2) is 0 Å². The third kappa shape index (κ3) is 5.42. The fourth-order valence-electron chi connectivity index (χ4n) is 4.16. The van der Waals surface area contributed by atoms with Gasteiger partial charge in [0.1, 0.15) is 6.10 Å². The summed E-state index contributed by atoms with van der Waals surface area (Å²) >= 11 is 1.31. The largest absolute Gasteiger partial charge is 0.416 e. The Bertz CT molecular complexity index is 920. The summed E-state index contributed by atoms with van der Waals surface area (Å²) < 4.78 is 38.8. The van der Waals surface area contributed by atoms with Crippen molar-refractivity contribution in [3.63, 3.8) is 0 Å². The zero-order valence-electron chi connectivity index (χ0n) is 17.4. The number of anilines is 1. The van der Waals surface area contributed by atoms with Crippen molar-refractivity contribution in [2.24, 2.45) is 0 Å². The summed E-state index contributed by atoms with van der Waals surface area (Å²) in [6.07, 6.45) is -2.25. The molecule has 2 aromatic carbocycles. The zero-order chi connectivity index (χ0) is 22.0. The minimum Gasteiger partial charge on any atom is -0.382 e. The van der Waals surface area contributed by atoms with Crippen molar-refractivity contribution < 1.29 is 23.1 Å². The lowest BCUT2D eigenvalue weighted by Crippen LogP contribution is -2.45. The van der Waals surface area contributed by atoms with Crippen molar-refractivity contribution >= 4 is 35.8 Å². The van der Waals surface area contributed by atoms with E-state index < -0.39 is 29.0 Å². The lowest BCUT2D eigenvalue weighted by atomic mass is 10.0. The average molecular weight is 487 g/mol. The molecule has 4 nitrogen and oxygen atoms in total. The molecule has 0 radical (unpaired) electrons. The summed E-state index contributed by atoms with van der Waals surface area (Å²) in [5.74, 6) is -0.417. The van der Waals surface area contributed by atoms with Gasteiger partial charge in [-0.2, -0.15) is 13.2 Å². The number of benzene rings is 2. The van der Waals surface area contributed by atoms with Gasteiger partial charge in [0.25, 0.3) is 5.91 Å². The van der Waals surface area contributed by atoms with Crippen LogP contribution in [0.1, 0.15) is 35.6 Å². The van der Waals surface area contributed by atoms with E-state index in [-0.39, 0.29) is 12.4 Å². The third-order valence-corrected chi connectivity index (χ3v) is 7.25. The molecule has 0 unspecified atom stereocenters. The molecule has 32 heavy (non-hydrogen) atoms. The van der Waals surface area contributed by atoms with Crippen molar-refractivity contribution in [1.82, 2.24) is 4.90 Å². The molecule has 174 valence electrons. The van der Waals surface area contributed by atoms with Crippen LogP contribution in [0.2, 0.25) is 0 Å². The number of hydrogen-bond donors (Lipinski definition) is 1. The molecule has 0 bridgehead atoms. The summed E-state index contributed by atoms with van der Waals surface area (Å²) in [7, 11) is 0. The lowest BCUT2D eigenvalue weighted by Gasteiger charge is -2.30.